The summed E-state index contributed by atoms with van der Waals surface area (Å²) < 4.78 is 5.50. The van der Waals surface area contributed by atoms with Crippen molar-refractivity contribution in [2.45, 2.75) is 12.8 Å². The minimum absolute atomic E-state index is 0.0684. The first-order chi connectivity index (χ1) is 6.34. The molecule has 1 N–H and O–H groups in total. The maximum Gasteiger partial charge on any atom is 0.229 e. The van der Waals surface area contributed by atoms with Crippen molar-refractivity contribution in [3.05, 3.63) is 23.3 Å². The van der Waals surface area contributed by atoms with Gasteiger partial charge in [0.15, 0.2) is 0 Å². The lowest BCUT2D eigenvalue weighted by atomic mass is 10.1. The third-order valence-corrected chi connectivity index (χ3v) is 2.57. The minimum atomic E-state index is 0.0684. The Morgan fingerprint density at radius 1 is 1.38 bits per heavy atom. The number of nitrogens with one attached hydrogen (secondary N) is 1. The van der Waals surface area contributed by atoms with Gasteiger partial charge in [-0.3, -0.25) is 4.79 Å². The van der Waals surface area contributed by atoms with E-state index in [1.54, 1.807) is 0 Å². The molecule has 0 atom stereocenters. The van der Waals surface area contributed by atoms with Crippen molar-refractivity contribution < 1.29 is 9.53 Å². The summed E-state index contributed by atoms with van der Waals surface area (Å²) in [7, 11) is 0. The quantitative estimate of drug-likeness (QED) is 0.641. The zero-order valence-corrected chi connectivity index (χ0v) is 7.09. The molecule has 1 aromatic rings. The summed E-state index contributed by atoms with van der Waals surface area (Å²) in [5, 5.41) is 2.81. The van der Waals surface area contributed by atoms with Gasteiger partial charge in [0.1, 0.15) is 5.75 Å². The van der Waals surface area contributed by atoms with Gasteiger partial charge in [0.25, 0.3) is 0 Å². The Morgan fingerprint density at radius 2 is 2.31 bits per heavy atom. The number of amides is 1. The van der Waals surface area contributed by atoms with E-state index >= 15 is 0 Å². The van der Waals surface area contributed by atoms with Crippen molar-refractivity contribution in [1.29, 1.82) is 0 Å². The molecule has 2 heterocycles. The van der Waals surface area contributed by atoms with Crippen LogP contribution in [-0.4, -0.2) is 12.5 Å². The molecule has 2 aliphatic heterocycles. The number of benzene rings is 1. The van der Waals surface area contributed by atoms with Crippen LogP contribution in [0, 0.1) is 0 Å². The zero-order chi connectivity index (χ0) is 8.84. The Kier molecular flexibility index (Phi) is 1.20. The zero-order valence-electron chi connectivity index (χ0n) is 7.09. The van der Waals surface area contributed by atoms with Gasteiger partial charge in [-0.05, 0) is 11.6 Å². The number of hydrogen-bond acceptors (Lipinski definition) is 2. The summed E-state index contributed by atoms with van der Waals surface area (Å²) in [5.74, 6) is 1.01. The summed E-state index contributed by atoms with van der Waals surface area (Å²) in [6, 6.07) is 4.00. The van der Waals surface area contributed by atoms with E-state index in [9.17, 15) is 4.79 Å². The van der Waals surface area contributed by atoms with Gasteiger partial charge in [0.05, 0.1) is 13.0 Å². The van der Waals surface area contributed by atoms with E-state index in [1.807, 2.05) is 12.1 Å². The maximum atomic E-state index is 11.1. The van der Waals surface area contributed by atoms with E-state index in [-0.39, 0.29) is 5.91 Å². The van der Waals surface area contributed by atoms with Crippen molar-refractivity contribution in [2.75, 3.05) is 11.9 Å². The fourth-order valence-corrected chi connectivity index (χ4v) is 1.96. The highest BCUT2D eigenvalue weighted by atomic mass is 16.5. The molecule has 1 aromatic carbocycles. The van der Waals surface area contributed by atoms with E-state index in [0.29, 0.717) is 6.42 Å². The first-order valence-electron chi connectivity index (χ1n) is 4.42. The Hall–Kier alpha value is -1.51. The number of anilines is 1. The molecule has 13 heavy (non-hydrogen) atoms. The van der Waals surface area contributed by atoms with Crippen LogP contribution in [0.3, 0.4) is 0 Å². The monoisotopic (exact) mass is 175 g/mol. The van der Waals surface area contributed by atoms with Gasteiger partial charge >= 0.3 is 0 Å². The third-order valence-electron chi connectivity index (χ3n) is 2.57. The molecule has 1 amide bonds. The molecule has 0 radical (unpaired) electrons. The summed E-state index contributed by atoms with van der Waals surface area (Å²) in [5.41, 5.74) is 3.20. The smallest absolute Gasteiger partial charge is 0.229 e. The second-order valence-electron chi connectivity index (χ2n) is 3.40. The number of carbonyl (C=O) groups excluding carboxylic acids is 1. The average Bonchev–Trinajstić information content (AvgIpc) is 2.65. The molecule has 0 aromatic heterocycles. The molecule has 2 aliphatic rings. The first-order valence-corrected chi connectivity index (χ1v) is 4.42. The molecule has 0 saturated carbocycles. The Labute approximate surface area is 75.7 Å². The van der Waals surface area contributed by atoms with E-state index in [1.165, 1.54) is 5.56 Å². The molecule has 3 heteroatoms. The first kappa shape index (κ1) is 6.95. The van der Waals surface area contributed by atoms with E-state index < -0.39 is 0 Å². The highest BCUT2D eigenvalue weighted by Crippen LogP contribution is 2.37. The highest BCUT2D eigenvalue weighted by molar-refractivity contribution is 6.00. The van der Waals surface area contributed by atoms with Crippen LogP contribution in [0.25, 0.3) is 0 Å². The molecule has 0 saturated heterocycles. The van der Waals surface area contributed by atoms with Crippen LogP contribution in [0.1, 0.15) is 11.1 Å². The summed E-state index contributed by atoms with van der Waals surface area (Å²) in [6.07, 6.45) is 1.44. The third kappa shape index (κ3) is 0.869. The summed E-state index contributed by atoms with van der Waals surface area (Å²) in [6.45, 7) is 0.750. The molecule has 3 nitrogen and oxygen atoms in total. The van der Waals surface area contributed by atoms with Gasteiger partial charge in [-0.15, -0.1) is 0 Å². The standard InChI is InChI=1S/C10H9NO2/c12-9-5-7-8(11-9)2-1-6-3-4-13-10(6)7/h1-2H,3-5H2,(H,11,12). The number of ether oxygens (including phenoxy) is 1. The molecular formula is C10H9NO2. The van der Waals surface area contributed by atoms with Gasteiger partial charge < -0.3 is 10.1 Å². The van der Waals surface area contributed by atoms with Crippen LogP contribution >= 0.6 is 0 Å². The average molecular weight is 175 g/mol. The lowest BCUT2D eigenvalue weighted by Gasteiger charge is -2.04. The summed E-state index contributed by atoms with van der Waals surface area (Å²) in [4.78, 5) is 11.1. The fourth-order valence-electron chi connectivity index (χ4n) is 1.96. The largest absolute Gasteiger partial charge is 0.493 e. The Bertz CT molecular complexity index is 398. The van der Waals surface area contributed by atoms with Gasteiger partial charge in [0, 0.05) is 17.7 Å². The number of hydrogen-bond donors (Lipinski definition) is 1. The lowest BCUT2D eigenvalue weighted by Crippen LogP contribution is -2.03. The van der Waals surface area contributed by atoms with Crippen LogP contribution in [0.5, 0.6) is 5.75 Å². The van der Waals surface area contributed by atoms with Crippen molar-refractivity contribution in [3.63, 3.8) is 0 Å². The van der Waals surface area contributed by atoms with E-state index in [2.05, 4.69) is 5.32 Å². The highest BCUT2D eigenvalue weighted by Gasteiger charge is 2.26. The van der Waals surface area contributed by atoms with Crippen LogP contribution in [0.2, 0.25) is 0 Å². The van der Waals surface area contributed by atoms with Crippen molar-refractivity contribution in [2.24, 2.45) is 0 Å². The van der Waals surface area contributed by atoms with Crippen LogP contribution in [-0.2, 0) is 17.6 Å². The Morgan fingerprint density at radius 3 is 3.23 bits per heavy atom. The fraction of sp³-hybridized carbons (Fsp3) is 0.300. The molecule has 66 valence electrons. The number of rotatable bonds is 0. The molecule has 0 unspecified atom stereocenters. The number of carbonyl (C=O) groups is 1. The molecule has 3 rings (SSSR count). The van der Waals surface area contributed by atoms with Crippen molar-refractivity contribution >= 4 is 11.6 Å². The van der Waals surface area contributed by atoms with Gasteiger partial charge in [0.2, 0.25) is 5.91 Å². The Balaban J connectivity index is 2.21. The van der Waals surface area contributed by atoms with E-state index in [4.69, 9.17) is 4.74 Å². The maximum absolute atomic E-state index is 11.1. The molecular weight excluding hydrogens is 166 g/mol. The topological polar surface area (TPSA) is 38.3 Å². The minimum Gasteiger partial charge on any atom is -0.493 e. The normalized spacial score (nSPS) is 17.7. The molecule has 0 aliphatic carbocycles. The SMILES string of the molecule is O=C1Cc2c(ccc3c2OCC3)N1. The predicted molar refractivity (Wildman–Crippen MR) is 48.0 cm³/mol. The van der Waals surface area contributed by atoms with Crippen LogP contribution in [0.15, 0.2) is 12.1 Å². The van der Waals surface area contributed by atoms with Gasteiger partial charge in [-0.1, -0.05) is 6.07 Å². The van der Waals surface area contributed by atoms with Crippen LogP contribution in [0.4, 0.5) is 5.69 Å². The molecule has 0 fully saturated rings. The lowest BCUT2D eigenvalue weighted by molar-refractivity contribution is -0.115. The second-order valence-corrected chi connectivity index (χ2v) is 3.40. The van der Waals surface area contributed by atoms with Crippen molar-refractivity contribution in [1.82, 2.24) is 0 Å². The molecule has 0 spiro atoms. The molecule has 0 bridgehead atoms. The predicted octanol–water partition coefficient (Wildman–Crippen LogP) is 1.12. The second kappa shape index (κ2) is 2.25. The van der Waals surface area contributed by atoms with Gasteiger partial charge in [-0.2, -0.15) is 0 Å². The van der Waals surface area contributed by atoms with E-state index in [0.717, 1.165) is 30.0 Å². The number of fused-ring (bicyclic) bond motifs is 3. The van der Waals surface area contributed by atoms with Crippen LogP contribution < -0.4 is 10.1 Å². The van der Waals surface area contributed by atoms with Crippen molar-refractivity contribution in [3.8, 4) is 5.75 Å². The van der Waals surface area contributed by atoms with Gasteiger partial charge in [-0.25, -0.2) is 0 Å². The summed E-state index contributed by atoms with van der Waals surface area (Å²) >= 11 is 0.